The second-order valence-corrected chi connectivity index (χ2v) is 11.7. The van der Waals surface area contributed by atoms with E-state index in [0.29, 0.717) is 9.77 Å². The van der Waals surface area contributed by atoms with E-state index in [4.69, 9.17) is 17.0 Å². The summed E-state index contributed by atoms with van der Waals surface area (Å²) in [5, 5.41) is 13.9. The van der Waals surface area contributed by atoms with E-state index >= 15 is 0 Å². The first-order valence-electron chi connectivity index (χ1n) is 9.20. The van der Waals surface area contributed by atoms with Crippen LogP contribution in [0.3, 0.4) is 0 Å². The van der Waals surface area contributed by atoms with Crippen LogP contribution < -0.4 is 5.32 Å². The molecule has 0 aromatic heterocycles. The molecule has 0 aliphatic heterocycles. The van der Waals surface area contributed by atoms with Gasteiger partial charge >= 0.3 is 5.97 Å². The van der Waals surface area contributed by atoms with E-state index in [1.54, 1.807) is 45.9 Å². The van der Waals surface area contributed by atoms with Crippen LogP contribution in [0.2, 0.25) is 0 Å². The van der Waals surface area contributed by atoms with Crippen LogP contribution in [-0.2, 0) is 14.3 Å². The fourth-order valence-electron chi connectivity index (χ4n) is 2.32. The van der Waals surface area contributed by atoms with E-state index < -0.39 is 20.6 Å². The van der Waals surface area contributed by atoms with Gasteiger partial charge in [0, 0.05) is 0 Å². The maximum Gasteiger partial charge on any atom is 0.315 e. The van der Waals surface area contributed by atoms with E-state index in [1.165, 1.54) is 0 Å². The Morgan fingerprint density at radius 1 is 1.28 bits per heavy atom. The molecule has 0 aliphatic rings. The minimum atomic E-state index is -1.54. The fourth-order valence-corrected chi connectivity index (χ4v) is 4.26. The summed E-state index contributed by atoms with van der Waals surface area (Å²) < 4.78 is 5.09. The smallest absolute Gasteiger partial charge is 0.315 e. The first-order valence-corrected chi connectivity index (χ1v) is 11.2. The molecule has 0 aromatic carbocycles. The summed E-state index contributed by atoms with van der Waals surface area (Å²) in [5.41, 5.74) is -0.610. The van der Waals surface area contributed by atoms with Gasteiger partial charge in [-0.3, -0.25) is 9.59 Å². The maximum absolute atomic E-state index is 12.9. The third-order valence-electron chi connectivity index (χ3n) is 4.75. The predicted molar refractivity (Wildman–Crippen MR) is 129 cm³/mol. The molecule has 2 N–H and O–H groups in total. The van der Waals surface area contributed by atoms with Crippen molar-refractivity contribution in [3.05, 3.63) is 37.0 Å². The van der Waals surface area contributed by atoms with Gasteiger partial charge in [0.25, 0.3) is 0 Å². The summed E-state index contributed by atoms with van der Waals surface area (Å²) in [7, 11) is 0. The number of ether oxygens (including phenoxy) is 1. The number of thioether (sulfide) groups is 1. The molecule has 2 atom stereocenters. The molecule has 0 rings (SSSR count). The van der Waals surface area contributed by atoms with Gasteiger partial charge in [0.15, 0.2) is 0 Å². The van der Waals surface area contributed by atoms with Gasteiger partial charge in [0.2, 0.25) is 5.91 Å². The molecule has 0 radical (unpaired) electrons. The molecule has 0 saturated heterocycles. The van der Waals surface area contributed by atoms with Crippen molar-refractivity contribution in [1.29, 1.82) is 0 Å². The summed E-state index contributed by atoms with van der Waals surface area (Å²) in [6, 6.07) is 0. The number of thiocarbonyl (C=S) groups is 1. The largest absolute Gasteiger partial charge is 0.463 e. The summed E-state index contributed by atoms with van der Waals surface area (Å²) in [6.07, 6.45) is 4.85. The minimum absolute atomic E-state index is 0.00453. The van der Waals surface area contributed by atoms with E-state index in [-0.39, 0.29) is 25.0 Å². The van der Waals surface area contributed by atoms with Gasteiger partial charge in [0.05, 0.1) is 15.1 Å². The molecule has 0 saturated carbocycles. The number of hydrogen-bond acceptors (Lipinski definition) is 6. The lowest BCUT2D eigenvalue weighted by molar-refractivity contribution is -0.168. The lowest BCUT2D eigenvalue weighted by Crippen LogP contribution is -2.52. The van der Waals surface area contributed by atoms with Crippen LogP contribution in [0.1, 0.15) is 41.5 Å². The van der Waals surface area contributed by atoms with Crippen molar-refractivity contribution >= 4 is 56.0 Å². The van der Waals surface area contributed by atoms with Crippen LogP contribution in [-0.4, -0.2) is 43.6 Å². The van der Waals surface area contributed by atoms with Crippen molar-refractivity contribution < 1.29 is 19.4 Å². The molecule has 0 aliphatic carbocycles. The Morgan fingerprint density at radius 2 is 1.83 bits per heavy atom. The maximum atomic E-state index is 12.9. The number of aliphatic hydroxyl groups is 1. The summed E-state index contributed by atoms with van der Waals surface area (Å²) >= 11 is 9.69. The van der Waals surface area contributed by atoms with Crippen molar-refractivity contribution in [2.24, 2.45) is 11.3 Å². The zero-order valence-corrected chi connectivity index (χ0v) is 21.2. The molecular weight excluding hydrogens is 474 g/mol. The zero-order chi connectivity index (χ0) is 23.0. The number of nitrogens with one attached hydrogen (secondary N) is 1. The second-order valence-electron chi connectivity index (χ2n) is 7.66. The number of carbonyl (C=O) groups excluding carboxylic acids is 2. The number of amides is 1. The van der Waals surface area contributed by atoms with Crippen LogP contribution in [0.4, 0.5) is 0 Å². The second kappa shape index (κ2) is 11.4. The average molecular weight is 507 g/mol. The van der Waals surface area contributed by atoms with Crippen LogP contribution in [0.5, 0.6) is 0 Å². The lowest BCUT2D eigenvalue weighted by atomic mass is 9.74. The SMILES string of the molecule is C=C/C=C(\C=C)C(=S)SC(C)(O)C(C)(C(=O)OCCNC(=O)C(C)(C)Br)C(C)C. The highest BCUT2D eigenvalue weighted by Gasteiger charge is 2.54. The molecule has 5 nitrogen and oxygen atoms in total. The number of allylic oxidation sites excluding steroid dienone is 3. The summed E-state index contributed by atoms with van der Waals surface area (Å²) in [5.74, 6) is -1.01. The van der Waals surface area contributed by atoms with Gasteiger partial charge in [0.1, 0.15) is 17.0 Å². The first kappa shape index (κ1) is 28.0. The normalized spacial score (nSPS) is 16.4. The predicted octanol–water partition coefficient (Wildman–Crippen LogP) is 4.55. The Morgan fingerprint density at radius 3 is 2.24 bits per heavy atom. The van der Waals surface area contributed by atoms with Gasteiger partial charge in [-0.2, -0.15) is 0 Å². The third kappa shape index (κ3) is 7.66. The van der Waals surface area contributed by atoms with Gasteiger partial charge in [-0.05, 0) is 39.2 Å². The number of alkyl halides is 1. The minimum Gasteiger partial charge on any atom is -0.463 e. The molecule has 0 spiro atoms. The Kier molecular flexibility index (Phi) is 11.1. The average Bonchev–Trinajstić information content (AvgIpc) is 2.60. The van der Waals surface area contributed by atoms with Crippen LogP contribution in [0.25, 0.3) is 0 Å². The summed E-state index contributed by atoms with van der Waals surface area (Å²) in [4.78, 5) is 23.3. The van der Waals surface area contributed by atoms with Gasteiger partial charge in [-0.25, -0.2) is 0 Å². The monoisotopic (exact) mass is 505 g/mol. The quantitative estimate of drug-likeness (QED) is 0.0815. The number of carbonyl (C=O) groups is 2. The molecule has 8 heteroatoms. The third-order valence-corrected chi connectivity index (χ3v) is 6.84. The van der Waals surface area contributed by atoms with Crippen molar-refractivity contribution in [1.82, 2.24) is 5.32 Å². The van der Waals surface area contributed by atoms with Crippen molar-refractivity contribution in [2.75, 3.05) is 13.2 Å². The van der Waals surface area contributed by atoms with Gasteiger partial charge in [-0.1, -0.05) is 85.1 Å². The molecule has 0 bridgehead atoms. The summed E-state index contributed by atoms with van der Waals surface area (Å²) in [6.45, 7) is 17.8. The topological polar surface area (TPSA) is 75.6 Å². The Hall–Kier alpha value is -0.960. The highest BCUT2D eigenvalue weighted by atomic mass is 79.9. The number of halogens is 1. The molecule has 0 heterocycles. The van der Waals surface area contributed by atoms with Gasteiger partial charge < -0.3 is 15.2 Å². The van der Waals surface area contributed by atoms with Crippen molar-refractivity contribution in [3.8, 4) is 0 Å². The van der Waals surface area contributed by atoms with Crippen LogP contribution in [0.15, 0.2) is 37.0 Å². The highest BCUT2D eigenvalue weighted by Crippen LogP contribution is 2.47. The molecule has 0 fully saturated rings. The van der Waals surface area contributed by atoms with Crippen LogP contribution >= 0.6 is 39.9 Å². The molecular formula is C21H32BrNO4S2. The van der Waals surface area contributed by atoms with E-state index in [9.17, 15) is 14.7 Å². The Balaban J connectivity index is 5.30. The number of esters is 1. The first-order chi connectivity index (χ1) is 13.1. The lowest BCUT2D eigenvalue weighted by Gasteiger charge is -2.43. The van der Waals surface area contributed by atoms with E-state index in [1.807, 2.05) is 13.8 Å². The Bertz CT molecular complexity index is 681. The van der Waals surface area contributed by atoms with E-state index in [0.717, 1.165) is 11.8 Å². The van der Waals surface area contributed by atoms with Crippen molar-refractivity contribution in [3.63, 3.8) is 0 Å². The molecule has 0 aromatic rings. The molecule has 1 amide bonds. The number of hydrogen-bond donors (Lipinski definition) is 2. The molecule has 2 unspecified atom stereocenters. The van der Waals surface area contributed by atoms with E-state index in [2.05, 4.69) is 34.4 Å². The van der Waals surface area contributed by atoms with Crippen molar-refractivity contribution in [2.45, 2.75) is 50.8 Å². The highest BCUT2D eigenvalue weighted by molar-refractivity contribution is 9.10. The van der Waals surface area contributed by atoms with Gasteiger partial charge in [-0.15, -0.1) is 0 Å². The molecule has 29 heavy (non-hydrogen) atoms. The van der Waals surface area contributed by atoms with Crippen LogP contribution in [0, 0.1) is 11.3 Å². The fraction of sp³-hybridized carbons (Fsp3) is 0.571. The number of rotatable bonds is 11. The Labute approximate surface area is 192 Å². The molecule has 164 valence electrons. The standard InChI is InChI=1S/C21H32BrNO4S2/c1-9-11-15(10-2)16(28)29-21(8,26)20(7,14(3)4)18(25)27-13-12-23-17(24)19(5,6)22/h9-11,14,26H,1-2,12-13H2,3-8H3,(H,23,24)/b15-11+. The zero-order valence-electron chi connectivity index (χ0n) is 18.0.